The third kappa shape index (κ3) is 4.95. The van der Waals surface area contributed by atoms with Crippen molar-refractivity contribution in [1.29, 1.82) is 0 Å². The predicted octanol–water partition coefficient (Wildman–Crippen LogP) is 4.02. The Hall–Kier alpha value is -2.92. The van der Waals surface area contributed by atoms with Gasteiger partial charge >= 0.3 is 6.61 Å². The molecule has 0 radical (unpaired) electrons. The van der Waals surface area contributed by atoms with Crippen LogP contribution in [0.15, 0.2) is 35.5 Å². The number of aromatic nitrogens is 4. The van der Waals surface area contributed by atoms with Crippen molar-refractivity contribution in [2.45, 2.75) is 37.8 Å². The molecule has 11 heteroatoms. The van der Waals surface area contributed by atoms with E-state index in [0.29, 0.717) is 23.9 Å². The Kier molecular flexibility index (Phi) is 7.22. The van der Waals surface area contributed by atoms with Gasteiger partial charge in [0, 0.05) is 42.8 Å². The van der Waals surface area contributed by atoms with Gasteiger partial charge in [-0.1, -0.05) is 11.8 Å². The number of rotatable bonds is 8. The Morgan fingerprint density at radius 2 is 1.82 bits per heavy atom. The summed E-state index contributed by atoms with van der Waals surface area (Å²) in [6.07, 6.45) is 0. The number of morpholine rings is 1. The second kappa shape index (κ2) is 10.1. The Bertz CT molecular complexity index is 1160. The van der Waals surface area contributed by atoms with Crippen LogP contribution in [0, 0.1) is 13.8 Å². The zero-order valence-electron chi connectivity index (χ0n) is 19.5. The summed E-state index contributed by atoms with van der Waals surface area (Å²) in [6, 6.07) is 8.21. The Morgan fingerprint density at radius 3 is 2.47 bits per heavy atom. The van der Waals surface area contributed by atoms with E-state index >= 15 is 0 Å². The highest BCUT2D eigenvalue weighted by atomic mass is 32.2. The van der Waals surface area contributed by atoms with Gasteiger partial charge in [0.25, 0.3) is 0 Å². The normalized spacial score (nSPS) is 15.1. The first-order chi connectivity index (χ1) is 16.3. The monoisotopic (exact) mass is 491 g/mol. The van der Waals surface area contributed by atoms with E-state index in [1.165, 1.54) is 23.9 Å². The van der Waals surface area contributed by atoms with E-state index < -0.39 is 6.61 Å². The first-order valence-corrected chi connectivity index (χ1v) is 11.8. The third-order valence-corrected chi connectivity index (χ3v) is 6.91. The minimum atomic E-state index is -2.87. The van der Waals surface area contributed by atoms with E-state index in [2.05, 4.69) is 19.8 Å². The molecule has 0 amide bonds. The van der Waals surface area contributed by atoms with Crippen LogP contribution in [-0.4, -0.2) is 63.3 Å². The molecule has 3 heterocycles. The Labute approximate surface area is 200 Å². The molecular weight excluding hydrogens is 464 g/mol. The fraction of sp³-hybridized carbons (Fsp3) is 0.435. The number of thioether (sulfide) groups is 1. The molecule has 0 saturated carbocycles. The summed E-state index contributed by atoms with van der Waals surface area (Å²) in [5, 5.41) is 8.91. The van der Waals surface area contributed by atoms with Crippen LogP contribution >= 0.6 is 11.8 Å². The van der Waals surface area contributed by atoms with Gasteiger partial charge in [-0.3, -0.25) is 9.36 Å². The van der Waals surface area contributed by atoms with Gasteiger partial charge in [0.05, 0.1) is 18.5 Å². The van der Waals surface area contributed by atoms with Crippen LogP contribution in [0.2, 0.25) is 0 Å². The number of benzene rings is 1. The fourth-order valence-electron chi connectivity index (χ4n) is 4.07. The highest BCUT2D eigenvalue weighted by Gasteiger charge is 2.25. The topological polar surface area (TPSA) is 74.4 Å². The van der Waals surface area contributed by atoms with Crippen LogP contribution in [-0.2, 0) is 11.8 Å². The standard InChI is InChI=1S/C23H27F2N5O3S/c1-14-13-19(15(2)30(14)17-5-7-18(8-6-17)33-21(24)25)20(31)16(3)34-23-27-26-22(28(23)4)29-9-11-32-12-10-29/h5-8,13,16,21H,9-12H2,1-4H3. The number of ether oxygens (including phenoxy) is 2. The number of nitrogens with zero attached hydrogens (tertiary/aromatic N) is 5. The second-order valence-electron chi connectivity index (χ2n) is 8.06. The van der Waals surface area contributed by atoms with Crippen molar-refractivity contribution >= 4 is 23.5 Å². The lowest BCUT2D eigenvalue weighted by atomic mass is 10.1. The van der Waals surface area contributed by atoms with Crippen LogP contribution < -0.4 is 9.64 Å². The molecule has 0 spiro atoms. The van der Waals surface area contributed by atoms with Gasteiger partial charge in [-0.15, -0.1) is 10.2 Å². The summed E-state index contributed by atoms with van der Waals surface area (Å²) >= 11 is 1.37. The predicted molar refractivity (Wildman–Crippen MR) is 126 cm³/mol. The van der Waals surface area contributed by atoms with E-state index in [1.54, 1.807) is 12.1 Å². The first-order valence-electron chi connectivity index (χ1n) is 10.9. The second-order valence-corrected chi connectivity index (χ2v) is 9.37. The molecule has 0 aliphatic carbocycles. The largest absolute Gasteiger partial charge is 0.435 e. The molecule has 34 heavy (non-hydrogen) atoms. The molecule has 1 fully saturated rings. The molecule has 1 aliphatic heterocycles. The lowest BCUT2D eigenvalue weighted by Crippen LogP contribution is -2.37. The molecule has 1 saturated heterocycles. The third-order valence-electron chi connectivity index (χ3n) is 5.77. The van der Waals surface area contributed by atoms with Crippen molar-refractivity contribution in [3.05, 3.63) is 47.3 Å². The average molecular weight is 492 g/mol. The molecular formula is C23H27F2N5O3S. The van der Waals surface area contributed by atoms with Gasteiger partial charge in [0.15, 0.2) is 10.9 Å². The van der Waals surface area contributed by atoms with Crippen LogP contribution in [0.5, 0.6) is 5.75 Å². The molecule has 2 aromatic heterocycles. The maximum atomic E-state index is 13.3. The number of aryl methyl sites for hydroxylation is 1. The number of Topliss-reactive ketones (excluding diaryl/α,β-unsaturated/α-hetero) is 1. The zero-order valence-corrected chi connectivity index (χ0v) is 20.3. The van der Waals surface area contributed by atoms with Crippen molar-refractivity contribution in [1.82, 2.24) is 19.3 Å². The fourth-order valence-corrected chi connectivity index (χ4v) is 4.94. The Balaban J connectivity index is 1.51. The van der Waals surface area contributed by atoms with Gasteiger partial charge in [-0.25, -0.2) is 0 Å². The SMILES string of the molecule is Cc1cc(C(=O)C(C)Sc2nnc(N3CCOCC3)n2C)c(C)n1-c1ccc(OC(F)F)cc1. The zero-order chi connectivity index (χ0) is 24.4. The molecule has 1 unspecified atom stereocenters. The van der Waals surface area contributed by atoms with Crippen LogP contribution in [0.4, 0.5) is 14.7 Å². The highest BCUT2D eigenvalue weighted by Crippen LogP contribution is 2.30. The molecule has 8 nitrogen and oxygen atoms in total. The van der Waals surface area contributed by atoms with Gasteiger partial charge in [0.1, 0.15) is 5.75 Å². The summed E-state index contributed by atoms with van der Waals surface area (Å²) in [5.41, 5.74) is 3.03. The first kappa shape index (κ1) is 24.2. The molecule has 1 atom stereocenters. The molecule has 182 valence electrons. The van der Waals surface area contributed by atoms with Crippen molar-refractivity contribution in [2.24, 2.45) is 7.05 Å². The van der Waals surface area contributed by atoms with E-state index in [4.69, 9.17) is 4.74 Å². The number of hydrogen-bond acceptors (Lipinski definition) is 7. The molecule has 1 aromatic carbocycles. The Morgan fingerprint density at radius 1 is 1.15 bits per heavy atom. The summed E-state index contributed by atoms with van der Waals surface area (Å²) in [4.78, 5) is 15.5. The minimum absolute atomic E-state index is 0.0158. The number of carbonyl (C=O) groups excluding carboxylic acids is 1. The average Bonchev–Trinajstić information content (AvgIpc) is 3.32. The maximum Gasteiger partial charge on any atom is 0.387 e. The lowest BCUT2D eigenvalue weighted by Gasteiger charge is -2.27. The summed E-state index contributed by atoms with van der Waals surface area (Å²) in [6.45, 7) is 5.59. The van der Waals surface area contributed by atoms with Gasteiger partial charge in [-0.05, 0) is 51.1 Å². The molecule has 1 aliphatic rings. The van der Waals surface area contributed by atoms with Crippen LogP contribution in [0.1, 0.15) is 28.7 Å². The smallest absolute Gasteiger partial charge is 0.387 e. The van der Waals surface area contributed by atoms with E-state index in [-0.39, 0.29) is 16.8 Å². The summed E-state index contributed by atoms with van der Waals surface area (Å²) < 4.78 is 38.5. The summed E-state index contributed by atoms with van der Waals surface area (Å²) in [5.74, 6) is 0.837. The van der Waals surface area contributed by atoms with Crippen molar-refractivity contribution in [3.8, 4) is 11.4 Å². The number of hydrogen-bond donors (Lipinski definition) is 0. The van der Waals surface area contributed by atoms with Crippen molar-refractivity contribution in [3.63, 3.8) is 0 Å². The van der Waals surface area contributed by atoms with Gasteiger partial charge in [-0.2, -0.15) is 8.78 Å². The van der Waals surface area contributed by atoms with Crippen molar-refractivity contribution in [2.75, 3.05) is 31.2 Å². The van der Waals surface area contributed by atoms with Gasteiger partial charge in [0.2, 0.25) is 5.95 Å². The van der Waals surface area contributed by atoms with E-state index in [1.807, 2.05) is 43.0 Å². The quantitative estimate of drug-likeness (QED) is 0.348. The van der Waals surface area contributed by atoms with E-state index in [9.17, 15) is 13.6 Å². The number of ketones is 1. The summed E-state index contributed by atoms with van der Waals surface area (Å²) in [7, 11) is 1.90. The number of carbonyl (C=O) groups is 1. The number of alkyl halides is 2. The van der Waals surface area contributed by atoms with Gasteiger partial charge < -0.3 is 18.9 Å². The molecule has 4 rings (SSSR count). The highest BCUT2D eigenvalue weighted by molar-refractivity contribution is 8.00. The number of halogens is 2. The number of anilines is 1. The maximum absolute atomic E-state index is 13.3. The van der Waals surface area contributed by atoms with Crippen LogP contribution in [0.3, 0.4) is 0 Å². The molecule has 0 bridgehead atoms. The molecule has 0 N–H and O–H groups in total. The van der Waals surface area contributed by atoms with Crippen LogP contribution in [0.25, 0.3) is 5.69 Å². The van der Waals surface area contributed by atoms with E-state index in [0.717, 1.165) is 36.1 Å². The lowest BCUT2D eigenvalue weighted by molar-refractivity contribution is -0.0498. The minimum Gasteiger partial charge on any atom is -0.435 e. The van der Waals surface area contributed by atoms with Crippen molar-refractivity contribution < 1.29 is 23.0 Å². The molecule has 3 aromatic rings.